The molecule has 0 atom stereocenters. The van der Waals surface area contributed by atoms with Gasteiger partial charge in [0, 0.05) is 32.7 Å². The molecule has 0 saturated carbocycles. The van der Waals surface area contributed by atoms with Gasteiger partial charge in [-0.25, -0.2) is 0 Å². The quantitative estimate of drug-likeness (QED) is 0.811. The van der Waals surface area contributed by atoms with Crippen molar-refractivity contribution < 1.29 is 0 Å². The summed E-state index contributed by atoms with van der Waals surface area (Å²) in [7, 11) is 0. The van der Waals surface area contributed by atoms with Crippen LogP contribution in [0.5, 0.6) is 0 Å². The van der Waals surface area contributed by atoms with Crippen molar-refractivity contribution >= 4 is 0 Å². The smallest absolute Gasteiger partial charge is 0.0995 e. The topological polar surface area (TPSA) is 30.3 Å². The second kappa shape index (κ2) is 6.53. The first-order valence-corrected chi connectivity index (χ1v) is 6.76. The Labute approximate surface area is 110 Å². The number of nitrogens with zero attached hydrogens (tertiary/aromatic N) is 3. The number of benzene rings is 1. The molecule has 96 valence electrons. The van der Waals surface area contributed by atoms with Crippen LogP contribution in [0.4, 0.5) is 0 Å². The van der Waals surface area contributed by atoms with Crippen molar-refractivity contribution in [2.45, 2.75) is 19.9 Å². The molecule has 3 nitrogen and oxygen atoms in total. The van der Waals surface area contributed by atoms with Gasteiger partial charge in [0.15, 0.2) is 0 Å². The zero-order chi connectivity index (χ0) is 12.8. The van der Waals surface area contributed by atoms with E-state index in [1.165, 1.54) is 13.0 Å². The van der Waals surface area contributed by atoms with Crippen LogP contribution >= 0.6 is 0 Å². The van der Waals surface area contributed by atoms with E-state index in [-0.39, 0.29) is 0 Å². The maximum absolute atomic E-state index is 9.08. The molecule has 0 spiro atoms. The molecule has 0 amide bonds. The molecule has 1 aliphatic heterocycles. The average Bonchev–Trinajstić information content (AvgIpc) is 2.42. The van der Waals surface area contributed by atoms with Crippen molar-refractivity contribution in [1.29, 1.82) is 5.26 Å². The molecule has 0 aliphatic carbocycles. The van der Waals surface area contributed by atoms with E-state index in [2.05, 4.69) is 28.9 Å². The summed E-state index contributed by atoms with van der Waals surface area (Å²) in [6, 6.07) is 10.2. The summed E-state index contributed by atoms with van der Waals surface area (Å²) >= 11 is 0. The van der Waals surface area contributed by atoms with Gasteiger partial charge >= 0.3 is 0 Å². The summed E-state index contributed by atoms with van der Waals surface area (Å²) in [5.41, 5.74) is 1.97. The lowest BCUT2D eigenvalue weighted by Gasteiger charge is -2.34. The van der Waals surface area contributed by atoms with Gasteiger partial charge in [0.25, 0.3) is 0 Å². The Morgan fingerprint density at radius 3 is 2.44 bits per heavy atom. The maximum atomic E-state index is 9.08. The van der Waals surface area contributed by atoms with Gasteiger partial charge in [0.1, 0.15) is 0 Å². The van der Waals surface area contributed by atoms with E-state index in [0.29, 0.717) is 0 Å². The van der Waals surface area contributed by atoms with E-state index in [1.54, 1.807) is 0 Å². The Hall–Kier alpha value is -1.37. The second-order valence-electron chi connectivity index (χ2n) is 4.89. The Kier molecular flexibility index (Phi) is 4.74. The van der Waals surface area contributed by atoms with E-state index < -0.39 is 0 Å². The average molecular weight is 243 g/mol. The molecule has 0 unspecified atom stereocenters. The summed E-state index contributed by atoms with van der Waals surface area (Å²) < 4.78 is 0. The molecule has 3 heteroatoms. The minimum Gasteiger partial charge on any atom is -0.301 e. The lowest BCUT2D eigenvalue weighted by molar-refractivity contribution is 0.127. The molecule has 18 heavy (non-hydrogen) atoms. The Bertz CT molecular complexity index is 414. The fourth-order valence-corrected chi connectivity index (χ4v) is 2.50. The maximum Gasteiger partial charge on any atom is 0.0995 e. The minimum atomic E-state index is 0.813. The molecule has 1 aromatic rings. The summed E-state index contributed by atoms with van der Waals surface area (Å²) in [4.78, 5) is 4.97. The van der Waals surface area contributed by atoms with Crippen molar-refractivity contribution in [1.82, 2.24) is 9.80 Å². The number of hydrogen-bond donors (Lipinski definition) is 0. The molecule has 0 aromatic heterocycles. The van der Waals surface area contributed by atoms with Crippen molar-refractivity contribution in [3.05, 3.63) is 35.4 Å². The highest BCUT2D eigenvalue weighted by atomic mass is 15.3. The number of piperazine rings is 1. The lowest BCUT2D eigenvalue weighted by atomic mass is 10.1. The third-order valence-corrected chi connectivity index (χ3v) is 3.54. The van der Waals surface area contributed by atoms with Gasteiger partial charge < -0.3 is 4.90 Å². The third-order valence-electron chi connectivity index (χ3n) is 3.54. The van der Waals surface area contributed by atoms with Crippen LogP contribution in [0.25, 0.3) is 0 Å². The second-order valence-corrected chi connectivity index (χ2v) is 4.89. The SMILES string of the molecule is CCCN1CCN(Cc2ccccc2C#N)CC1. The largest absolute Gasteiger partial charge is 0.301 e. The van der Waals surface area contributed by atoms with Gasteiger partial charge in [-0.3, -0.25) is 4.90 Å². The first-order chi connectivity index (χ1) is 8.83. The molecule has 1 aliphatic rings. The summed E-state index contributed by atoms with van der Waals surface area (Å²) in [6.07, 6.45) is 1.23. The normalized spacial score (nSPS) is 17.6. The van der Waals surface area contributed by atoms with Crippen LogP contribution < -0.4 is 0 Å². The molecule has 1 aromatic carbocycles. The fourth-order valence-electron chi connectivity index (χ4n) is 2.50. The van der Waals surface area contributed by atoms with Crippen LogP contribution in [-0.4, -0.2) is 42.5 Å². The van der Waals surface area contributed by atoms with Crippen LogP contribution in [0.3, 0.4) is 0 Å². The molecule has 0 radical (unpaired) electrons. The molecule has 1 fully saturated rings. The zero-order valence-corrected chi connectivity index (χ0v) is 11.1. The number of rotatable bonds is 4. The minimum absolute atomic E-state index is 0.813. The van der Waals surface area contributed by atoms with E-state index in [9.17, 15) is 0 Å². The van der Waals surface area contributed by atoms with Gasteiger partial charge in [0.2, 0.25) is 0 Å². The van der Waals surface area contributed by atoms with Crippen LogP contribution in [-0.2, 0) is 6.54 Å². The van der Waals surface area contributed by atoms with E-state index in [0.717, 1.165) is 43.9 Å². The Morgan fingerprint density at radius 2 is 1.78 bits per heavy atom. The zero-order valence-electron chi connectivity index (χ0n) is 11.1. The molecule has 0 bridgehead atoms. The van der Waals surface area contributed by atoms with Gasteiger partial charge in [0.05, 0.1) is 11.6 Å². The first kappa shape index (κ1) is 13.1. The number of hydrogen-bond acceptors (Lipinski definition) is 3. The molecular weight excluding hydrogens is 222 g/mol. The fraction of sp³-hybridized carbons (Fsp3) is 0.533. The van der Waals surface area contributed by atoms with E-state index in [4.69, 9.17) is 5.26 Å². The van der Waals surface area contributed by atoms with Crippen molar-refractivity contribution in [3.63, 3.8) is 0 Å². The van der Waals surface area contributed by atoms with Gasteiger partial charge in [-0.05, 0) is 24.6 Å². The standard InChI is InChI=1S/C15H21N3/c1-2-7-17-8-10-18(11-9-17)13-15-6-4-3-5-14(15)12-16/h3-6H,2,7-11,13H2,1H3. The molecule has 0 N–H and O–H groups in total. The van der Waals surface area contributed by atoms with Gasteiger partial charge in [-0.15, -0.1) is 0 Å². The van der Waals surface area contributed by atoms with Crippen LogP contribution in [0.15, 0.2) is 24.3 Å². The van der Waals surface area contributed by atoms with Crippen LogP contribution in [0, 0.1) is 11.3 Å². The summed E-state index contributed by atoms with van der Waals surface area (Å²) in [5.74, 6) is 0. The van der Waals surface area contributed by atoms with Crippen LogP contribution in [0.2, 0.25) is 0 Å². The molecule has 2 rings (SSSR count). The Balaban J connectivity index is 1.90. The third kappa shape index (κ3) is 3.32. The molecular formula is C15H21N3. The van der Waals surface area contributed by atoms with Crippen molar-refractivity contribution in [2.75, 3.05) is 32.7 Å². The van der Waals surface area contributed by atoms with Gasteiger partial charge in [-0.1, -0.05) is 25.1 Å². The predicted molar refractivity (Wildman–Crippen MR) is 73.2 cm³/mol. The molecule has 1 saturated heterocycles. The number of nitriles is 1. The highest BCUT2D eigenvalue weighted by molar-refractivity contribution is 5.37. The van der Waals surface area contributed by atoms with Gasteiger partial charge in [-0.2, -0.15) is 5.26 Å². The summed E-state index contributed by atoms with van der Waals surface area (Å²) in [6.45, 7) is 8.88. The monoisotopic (exact) mass is 243 g/mol. The van der Waals surface area contributed by atoms with Crippen molar-refractivity contribution in [3.8, 4) is 6.07 Å². The van der Waals surface area contributed by atoms with Crippen LogP contribution in [0.1, 0.15) is 24.5 Å². The predicted octanol–water partition coefficient (Wildman–Crippen LogP) is 2.09. The summed E-state index contributed by atoms with van der Waals surface area (Å²) in [5, 5.41) is 9.08. The highest BCUT2D eigenvalue weighted by Crippen LogP contribution is 2.12. The van der Waals surface area contributed by atoms with E-state index in [1.807, 2.05) is 18.2 Å². The van der Waals surface area contributed by atoms with E-state index >= 15 is 0 Å². The Morgan fingerprint density at radius 1 is 1.11 bits per heavy atom. The highest BCUT2D eigenvalue weighted by Gasteiger charge is 2.16. The van der Waals surface area contributed by atoms with Crippen molar-refractivity contribution in [2.24, 2.45) is 0 Å². The lowest BCUT2D eigenvalue weighted by Crippen LogP contribution is -2.46. The molecule has 1 heterocycles. The first-order valence-electron chi connectivity index (χ1n) is 6.76.